The van der Waals surface area contributed by atoms with E-state index in [2.05, 4.69) is 44.9 Å². The van der Waals surface area contributed by atoms with Gasteiger partial charge in [-0.1, -0.05) is 30.3 Å². The van der Waals surface area contributed by atoms with Gasteiger partial charge >= 0.3 is 5.97 Å². The van der Waals surface area contributed by atoms with Gasteiger partial charge in [-0.05, 0) is 65.3 Å². The summed E-state index contributed by atoms with van der Waals surface area (Å²) in [6.07, 6.45) is 1.20. The summed E-state index contributed by atoms with van der Waals surface area (Å²) in [5.41, 5.74) is 1.26. The van der Waals surface area contributed by atoms with E-state index in [0.29, 0.717) is 12.8 Å². The highest BCUT2D eigenvalue weighted by atomic mass is 127. The molecule has 2 aromatic carbocycles. The normalized spacial score (nSPS) is 17.4. The molecule has 1 saturated heterocycles. The highest BCUT2D eigenvalue weighted by molar-refractivity contribution is 14.1. The van der Waals surface area contributed by atoms with Crippen molar-refractivity contribution in [3.8, 4) is 0 Å². The topological polar surface area (TPSA) is 52.6 Å². The molecule has 5 heteroatoms. The van der Waals surface area contributed by atoms with E-state index in [1.54, 1.807) is 0 Å². The standard InChI is InChI=1S/C19H21IN2O2/c20-16-6-8-17(9-7-16)21-19(18(23)24)10-12-22(13-11-19)14-15-4-2-1-3-5-15/h1-9,21H,10-14H2,(H,23,24). The van der Waals surface area contributed by atoms with Crippen LogP contribution in [0, 0.1) is 3.57 Å². The summed E-state index contributed by atoms with van der Waals surface area (Å²) in [4.78, 5) is 14.3. The van der Waals surface area contributed by atoms with E-state index in [9.17, 15) is 9.90 Å². The molecule has 0 saturated carbocycles. The van der Waals surface area contributed by atoms with Crippen LogP contribution >= 0.6 is 22.6 Å². The first-order chi connectivity index (χ1) is 11.6. The fourth-order valence-corrected chi connectivity index (χ4v) is 3.50. The maximum absolute atomic E-state index is 11.9. The zero-order valence-electron chi connectivity index (χ0n) is 13.4. The summed E-state index contributed by atoms with van der Waals surface area (Å²) in [5.74, 6) is -0.764. The number of hydrogen-bond donors (Lipinski definition) is 2. The van der Waals surface area contributed by atoms with Gasteiger partial charge in [0.1, 0.15) is 5.54 Å². The zero-order chi connectivity index (χ0) is 17.0. The highest BCUT2D eigenvalue weighted by Crippen LogP contribution is 2.28. The minimum atomic E-state index is -0.875. The van der Waals surface area contributed by atoms with Crippen LogP contribution in [-0.2, 0) is 11.3 Å². The summed E-state index contributed by atoms with van der Waals surface area (Å²) in [6.45, 7) is 2.43. The lowest BCUT2D eigenvalue weighted by molar-refractivity contribution is -0.144. The largest absolute Gasteiger partial charge is 0.480 e. The molecule has 0 spiro atoms. The van der Waals surface area contributed by atoms with Gasteiger partial charge in [0, 0.05) is 28.9 Å². The monoisotopic (exact) mass is 436 g/mol. The Balaban J connectivity index is 1.65. The van der Waals surface area contributed by atoms with Crippen LogP contribution in [0.3, 0.4) is 0 Å². The van der Waals surface area contributed by atoms with Crippen LogP contribution in [0.15, 0.2) is 54.6 Å². The van der Waals surface area contributed by atoms with Gasteiger partial charge in [0.05, 0.1) is 0 Å². The summed E-state index contributed by atoms with van der Waals surface area (Å²) in [5, 5.41) is 13.1. The quantitative estimate of drug-likeness (QED) is 0.700. The van der Waals surface area contributed by atoms with Gasteiger partial charge in [-0.25, -0.2) is 4.79 Å². The number of anilines is 1. The molecule has 0 amide bonds. The van der Waals surface area contributed by atoms with Crippen molar-refractivity contribution in [2.45, 2.75) is 24.9 Å². The molecule has 0 aromatic heterocycles. The Hall–Kier alpha value is -1.60. The lowest BCUT2D eigenvalue weighted by Crippen LogP contribution is -2.54. The average Bonchev–Trinajstić information content (AvgIpc) is 2.59. The summed E-state index contributed by atoms with van der Waals surface area (Å²) in [6, 6.07) is 18.2. The van der Waals surface area contributed by atoms with Crippen molar-refractivity contribution in [2.75, 3.05) is 18.4 Å². The van der Waals surface area contributed by atoms with E-state index in [1.807, 2.05) is 42.5 Å². The first kappa shape index (κ1) is 17.2. The van der Waals surface area contributed by atoms with E-state index in [0.717, 1.165) is 28.9 Å². The number of piperidine rings is 1. The Morgan fingerprint density at radius 1 is 1.08 bits per heavy atom. The van der Waals surface area contributed by atoms with Crippen molar-refractivity contribution < 1.29 is 9.90 Å². The van der Waals surface area contributed by atoms with Crippen LogP contribution < -0.4 is 5.32 Å². The summed E-state index contributed by atoms with van der Waals surface area (Å²) < 4.78 is 1.14. The number of carboxylic acid groups (broad SMARTS) is 1. The van der Waals surface area contributed by atoms with E-state index < -0.39 is 11.5 Å². The van der Waals surface area contributed by atoms with Gasteiger partial charge in [0.15, 0.2) is 0 Å². The lowest BCUT2D eigenvalue weighted by Gasteiger charge is -2.40. The zero-order valence-corrected chi connectivity index (χ0v) is 15.6. The van der Waals surface area contributed by atoms with Crippen molar-refractivity contribution in [1.29, 1.82) is 0 Å². The van der Waals surface area contributed by atoms with Crippen LogP contribution in [0.1, 0.15) is 18.4 Å². The number of carbonyl (C=O) groups is 1. The number of carboxylic acids is 1. The number of benzene rings is 2. The first-order valence-corrected chi connectivity index (χ1v) is 9.19. The third-order valence-electron chi connectivity index (χ3n) is 4.60. The van der Waals surface area contributed by atoms with E-state index in [-0.39, 0.29) is 0 Å². The Morgan fingerprint density at radius 2 is 1.71 bits per heavy atom. The number of rotatable bonds is 5. The van der Waals surface area contributed by atoms with E-state index in [4.69, 9.17) is 0 Å². The molecule has 0 radical (unpaired) electrons. The number of halogens is 1. The molecule has 2 N–H and O–H groups in total. The van der Waals surface area contributed by atoms with Crippen LogP contribution in [0.4, 0.5) is 5.69 Å². The second-order valence-corrected chi connectivity index (χ2v) is 7.53. The van der Waals surface area contributed by atoms with E-state index >= 15 is 0 Å². The molecule has 2 aromatic rings. The van der Waals surface area contributed by atoms with Crippen LogP contribution in [-0.4, -0.2) is 34.6 Å². The number of aliphatic carboxylic acids is 1. The van der Waals surface area contributed by atoms with Crippen molar-refractivity contribution in [3.05, 3.63) is 63.7 Å². The fraction of sp³-hybridized carbons (Fsp3) is 0.316. The maximum Gasteiger partial charge on any atom is 0.329 e. The molecule has 24 heavy (non-hydrogen) atoms. The molecular weight excluding hydrogens is 415 g/mol. The number of nitrogens with one attached hydrogen (secondary N) is 1. The van der Waals surface area contributed by atoms with Gasteiger partial charge < -0.3 is 10.4 Å². The lowest BCUT2D eigenvalue weighted by atomic mass is 9.87. The number of likely N-dealkylation sites (tertiary alicyclic amines) is 1. The van der Waals surface area contributed by atoms with Crippen LogP contribution in [0.2, 0.25) is 0 Å². The van der Waals surface area contributed by atoms with Gasteiger partial charge in [-0.2, -0.15) is 0 Å². The fourth-order valence-electron chi connectivity index (χ4n) is 3.14. The predicted octanol–water partition coefficient (Wildman–Crippen LogP) is 3.82. The predicted molar refractivity (Wildman–Crippen MR) is 104 cm³/mol. The first-order valence-electron chi connectivity index (χ1n) is 8.11. The minimum absolute atomic E-state index is 0.598. The van der Waals surface area contributed by atoms with Crippen LogP contribution in [0.25, 0.3) is 0 Å². The van der Waals surface area contributed by atoms with Gasteiger partial charge in [-0.15, -0.1) is 0 Å². The smallest absolute Gasteiger partial charge is 0.329 e. The molecule has 1 heterocycles. The molecule has 3 rings (SSSR count). The summed E-state index contributed by atoms with van der Waals surface area (Å²) in [7, 11) is 0. The average molecular weight is 436 g/mol. The molecule has 0 unspecified atom stereocenters. The van der Waals surface area contributed by atoms with Crippen molar-refractivity contribution >= 4 is 34.2 Å². The third-order valence-corrected chi connectivity index (χ3v) is 5.32. The number of nitrogens with zero attached hydrogens (tertiary/aromatic N) is 1. The van der Waals surface area contributed by atoms with Crippen molar-refractivity contribution in [1.82, 2.24) is 4.90 Å². The third kappa shape index (κ3) is 4.08. The highest BCUT2D eigenvalue weighted by Gasteiger charge is 2.41. The molecule has 0 aliphatic carbocycles. The van der Waals surface area contributed by atoms with E-state index in [1.165, 1.54) is 5.56 Å². The maximum atomic E-state index is 11.9. The Labute approximate surface area is 156 Å². The second-order valence-electron chi connectivity index (χ2n) is 6.28. The van der Waals surface area contributed by atoms with Crippen molar-refractivity contribution in [3.63, 3.8) is 0 Å². The molecule has 4 nitrogen and oxygen atoms in total. The molecule has 0 bridgehead atoms. The Morgan fingerprint density at radius 3 is 2.29 bits per heavy atom. The van der Waals surface area contributed by atoms with Gasteiger partial charge in [0.25, 0.3) is 0 Å². The molecule has 1 aliphatic rings. The minimum Gasteiger partial charge on any atom is -0.480 e. The van der Waals surface area contributed by atoms with Gasteiger partial charge in [-0.3, -0.25) is 4.90 Å². The molecule has 1 aliphatic heterocycles. The summed E-state index contributed by atoms with van der Waals surface area (Å²) >= 11 is 2.25. The Kier molecular flexibility index (Phi) is 5.40. The Bertz CT molecular complexity index is 680. The second kappa shape index (κ2) is 7.53. The van der Waals surface area contributed by atoms with Gasteiger partial charge in [0.2, 0.25) is 0 Å². The molecule has 126 valence electrons. The van der Waals surface area contributed by atoms with Crippen LogP contribution in [0.5, 0.6) is 0 Å². The SMILES string of the molecule is O=C(O)C1(Nc2ccc(I)cc2)CCN(Cc2ccccc2)CC1. The van der Waals surface area contributed by atoms with Crippen molar-refractivity contribution in [2.24, 2.45) is 0 Å². The molecular formula is C19H21IN2O2. The number of hydrogen-bond acceptors (Lipinski definition) is 3. The molecule has 1 fully saturated rings. The molecule has 0 atom stereocenters.